The molecule has 1 saturated heterocycles. The first-order valence-electron chi connectivity index (χ1n) is 6.15. The van der Waals surface area contributed by atoms with Gasteiger partial charge in [-0.05, 0) is 19.1 Å². The van der Waals surface area contributed by atoms with Crippen molar-refractivity contribution in [1.82, 2.24) is 9.78 Å². The largest absolute Gasteiger partial charge is 0.464 e. The Morgan fingerprint density at radius 2 is 2.32 bits per heavy atom. The van der Waals surface area contributed by atoms with Gasteiger partial charge in [0.1, 0.15) is 23.9 Å². The molecular weight excluding hydrogens is 266 g/mol. The zero-order chi connectivity index (χ0) is 13.4. The zero-order valence-corrected chi connectivity index (χ0v) is 11.3. The van der Waals surface area contributed by atoms with Crippen molar-refractivity contribution >= 4 is 23.3 Å². The van der Waals surface area contributed by atoms with Crippen LogP contribution >= 0.6 is 11.6 Å². The van der Waals surface area contributed by atoms with E-state index in [1.807, 2.05) is 25.1 Å². The number of alkyl halides is 1. The van der Waals surface area contributed by atoms with Crippen LogP contribution in [0, 0.1) is 6.92 Å². The average molecular weight is 280 g/mol. The van der Waals surface area contributed by atoms with Crippen molar-refractivity contribution < 1.29 is 9.21 Å². The molecule has 1 atom stereocenters. The lowest BCUT2D eigenvalue weighted by Crippen LogP contribution is -2.27. The third-order valence-electron chi connectivity index (χ3n) is 3.15. The van der Waals surface area contributed by atoms with Crippen molar-refractivity contribution in [2.45, 2.75) is 25.3 Å². The molecule has 3 heterocycles. The third kappa shape index (κ3) is 2.38. The van der Waals surface area contributed by atoms with Crippen LogP contribution < -0.4 is 4.90 Å². The summed E-state index contributed by atoms with van der Waals surface area (Å²) in [4.78, 5) is 13.5. The van der Waals surface area contributed by atoms with Crippen LogP contribution in [0.3, 0.4) is 0 Å². The molecule has 1 amide bonds. The lowest BCUT2D eigenvalue weighted by molar-refractivity contribution is -0.117. The van der Waals surface area contributed by atoms with E-state index in [-0.39, 0.29) is 11.3 Å². The first-order chi connectivity index (χ1) is 9.13. The van der Waals surface area contributed by atoms with Gasteiger partial charge < -0.3 is 4.42 Å². The molecule has 1 fully saturated rings. The highest BCUT2D eigenvalue weighted by Gasteiger charge is 2.31. The van der Waals surface area contributed by atoms with Crippen LogP contribution in [-0.2, 0) is 11.3 Å². The predicted octanol–water partition coefficient (Wildman–Crippen LogP) is 2.18. The van der Waals surface area contributed by atoms with E-state index in [0.717, 1.165) is 17.3 Å². The summed E-state index contributed by atoms with van der Waals surface area (Å²) in [6, 6.07) is 5.65. The zero-order valence-electron chi connectivity index (χ0n) is 10.5. The second-order valence-electron chi connectivity index (χ2n) is 4.67. The van der Waals surface area contributed by atoms with Crippen molar-refractivity contribution in [2.24, 2.45) is 0 Å². The number of nitrogens with zero attached hydrogens (tertiary/aromatic N) is 3. The number of halogens is 1. The summed E-state index contributed by atoms with van der Waals surface area (Å²) >= 11 is 6.02. The number of hydrogen-bond acceptors (Lipinski definition) is 3. The van der Waals surface area contributed by atoms with E-state index in [4.69, 9.17) is 16.0 Å². The monoisotopic (exact) mass is 279 g/mol. The molecule has 1 aliphatic heterocycles. The summed E-state index contributed by atoms with van der Waals surface area (Å²) < 4.78 is 7.29. The Balaban J connectivity index is 1.84. The van der Waals surface area contributed by atoms with E-state index in [1.165, 1.54) is 0 Å². The number of aryl methyl sites for hydroxylation is 1. The molecule has 0 radical (unpaired) electrons. The van der Waals surface area contributed by atoms with E-state index in [2.05, 4.69) is 5.10 Å². The lowest BCUT2D eigenvalue weighted by atomic mass is 10.4. The van der Waals surface area contributed by atoms with E-state index in [9.17, 15) is 4.79 Å². The first kappa shape index (κ1) is 12.3. The molecule has 3 rings (SSSR count). The number of hydrogen-bond donors (Lipinski definition) is 0. The molecule has 0 aromatic carbocycles. The number of carbonyl (C=O) groups is 1. The Bertz CT molecular complexity index is 605. The molecule has 0 spiro atoms. The van der Waals surface area contributed by atoms with Crippen LogP contribution in [0.5, 0.6) is 0 Å². The number of amides is 1. The minimum Gasteiger partial charge on any atom is -0.464 e. The Kier molecular flexibility index (Phi) is 3.06. The van der Waals surface area contributed by atoms with Crippen LogP contribution in [0.1, 0.15) is 17.9 Å². The Labute approximate surface area is 115 Å². The fraction of sp³-hybridized carbons (Fsp3) is 0.385. The molecule has 2 aromatic heterocycles. The molecule has 0 aliphatic carbocycles. The lowest BCUT2D eigenvalue weighted by Gasteiger charge is -2.16. The van der Waals surface area contributed by atoms with Gasteiger partial charge in [-0.3, -0.25) is 9.69 Å². The Morgan fingerprint density at radius 3 is 2.95 bits per heavy atom. The van der Waals surface area contributed by atoms with Gasteiger partial charge in [-0.2, -0.15) is 5.10 Å². The van der Waals surface area contributed by atoms with Crippen LogP contribution in [0.2, 0.25) is 0 Å². The van der Waals surface area contributed by atoms with Gasteiger partial charge in [-0.1, -0.05) is 0 Å². The Hall–Kier alpha value is -1.75. The predicted molar refractivity (Wildman–Crippen MR) is 71.4 cm³/mol. The van der Waals surface area contributed by atoms with E-state index < -0.39 is 0 Å². The maximum absolute atomic E-state index is 11.9. The van der Waals surface area contributed by atoms with Gasteiger partial charge in [0, 0.05) is 19.0 Å². The Morgan fingerprint density at radius 1 is 1.47 bits per heavy atom. The highest BCUT2D eigenvalue weighted by atomic mass is 35.5. The van der Waals surface area contributed by atoms with Gasteiger partial charge in [-0.15, -0.1) is 11.6 Å². The average Bonchev–Trinajstić information content (AvgIpc) is 3.02. The highest BCUT2D eigenvalue weighted by molar-refractivity contribution is 6.24. The first-order valence-corrected chi connectivity index (χ1v) is 6.58. The van der Waals surface area contributed by atoms with Gasteiger partial charge in [0.2, 0.25) is 5.91 Å². The molecule has 0 saturated carbocycles. The van der Waals surface area contributed by atoms with Crippen LogP contribution in [0.4, 0.5) is 5.82 Å². The standard InChI is InChI=1S/C13H14ClN3O2/c1-9-2-3-11(19-9)8-17-12(4-5-15-17)16-7-10(14)6-13(16)18/h2-5,10H,6-8H2,1H3. The maximum atomic E-state index is 11.9. The van der Waals surface area contributed by atoms with Gasteiger partial charge in [-0.25, -0.2) is 4.68 Å². The fourth-order valence-electron chi connectivity index (χ4n) is 2.28. The number of furan rings is 1. The summed E-state index contributed by atoms with van der Waals surface area (Å²) in [5.41, 5.74) is 0. The molecule has 100 valence electrons. The number of carbonyl (C=O) groups excluding carboxylic acids is 1. The molecule has 1 aliphatic rings. The number of aromatic nitrogens is 2. The second kappa shape index (κ2) is 4.74. The maximum Gasteiger partial charge on any atom is 0.229 e. The molecule has 6 heteroatoms. The molecule has 0 N–H and O–H groups in total. The van der Waals surface area contributed by atoms with Crippen molar-refractivity contribution in [2.75, 3.05) is 11.4 Å². The number of rotatable bonds is 3. The van der Waals surface area contributed by atoms with Crippen molar-refractivity contribution in [3.63, 3.8) is 0 Å². The minimum absolute atomic E-state index is 0.0392. The smallest absolute Gasteiger partial charge is 0.229 e. The SMILES string of the molecule is Cc1ccc(Cn2nccc2N2CC(Cl)CC2=O)o1. The van der Waals surface area contributed by atoms with Crippen molar-refractivity contribution in [3.05, 3.63) is 35.9 Å². The third-order valence-corrected chi connectivity index (χ3v) is 3.44. The summed E-state index contributed by atoms with van der Waals surface area (Å²) in [6.07, 6.45) is 2.06. The van der Waals surface area contributed by atoms with Crippen LogP contribution in [0.15, 0.2) is 28.8 Å². The molecule has 19 heavy (non-hydrogen) atoms. The molecule has 0 bridgehead atoms. The molecule has 1 unspecified atom stereocenters. The topological polar surface area (TPSA) is 51.3 Å². The number of anilines is 1. The van der Waals surface area contributed by atoms with Crippen LogP contribution in [0.25, 0.3) is 0 Å². The van der Waals surface area contributed by atoms with E-state index >= 15 is 0 Å². The quantitative estimate of drug-likeness (QED) is 0.809. The van der Waals surface area contributed by atoms with Crippen molar-refractivity contribution in [1.29, 1.82) is 0 Å². The molecule has 5 nitrogen and oxygen atoms in total. The van der Waals surface area contributed by atoms with Gasteiger partial charge >= 0.3 is 0 Å². The van der Waals surface area contributed by atoms with Crippen LogP contribution in [-0.4, -0.2) is 27.6 Å². The summed E-state index contributed by atoms with van der Waals surface area (Å²) in [5.74, 6) is 2.48. The van der Waals surface area contributed by atoms with Gasteiger partial charge in [0.15, 0.2) is 0 Å². The molecular formula is C13H14ClN3O2. The summed E-state index contributed by atoms with van der Waals surface area (Å²) in [6.45, 7) is 2.94. The minimum atomic E-state index is -0.123. The van der Waals surface area contributed by atoms with E-state index in [0.29, 0.717) is 19.5 Å². The second-order valence-corrected chi connectivity index (χ2v) is 5.28. The van der Waals surface area contributed by atoms with E-state index in [1.54, 1.807) is 15.8 Å². The highest BCUT2D eigenvalue weighted by Crippen LogP contribution is 2.24. The summed E-state index contributed by atoms with van der Waals surface area (Å²) in [5, 5.41) is 4.12. The molecule has 2 aromatic rings. The van der Waals surface area contributed by atoms with Crippen molar-refractivity contribution in [3.8, 4) is 0 Å². The van der Waals surface area contributed by atoms with Gasteiger partial charge in [0.25, 0.3) is 0 Å². The normalized spacial score (nSPS) is 19.4. The fourth-order valence-corrected chi connectivity index (χ4v) is 2.55. The summed E-state index contributed by atoms with van der Waals surface area (Å²) in [7, 11) is 0. The van der Waals surface area contributed by atoms with Gasteiger partial charge in [0.05, 0.1) is 11.6 Å².